The second kappa shape index (κ2) is 4.44. The highest BCUT2D eigenvalue weighted by Crippen LogP contribution is 2.39. The Bertz CT molecular complexity index is 386. The summed E-state index contributed by atoms with van der Waals surface area (Å²) in [7, 11) is 0. The molecule has 1 aromatic rings. The van der Waals surface area contributed by atoms with Crippen molar-refractivity contribution in [2.75, 3.05) is 0 Å². The number of rotatable bonds is 3. The summed E-state index contributed by atoms with van der Waals surface area (Å²) < 4.78 is 10.3. The molecule has 1 aromatic carbocycles. The van der Waals surface area contributed by atoms with Crippen molar-refractivity contribution < 1.29 is 14.3 Å². The number of ether oxygens (including phenoxy) is 2. The molecule has 0 N–H and O–H groups in total. The van der Waals surface area contributed by atoms with Crippen molar-refractivity contribution in [2.24, 2.45) is 0 Å². The first-order valence-corrected chi connectivity index (χ1v) is 5.57. The maximum atomic E-state index is 11.5. The second-order valence-corrected chi connectivity index (χ2v) is 4.45. The molecule has 1 saturated heterocycles. The normalized spacial score (nSPS) is 23.2. The number of hydrogen-bond acceptors (Lipinski definition) is 3. The third-order valence-corrected chi connectivity index (χ3v) is 2.53. The molecule has 1 aliphatic heterocycles. The monoisotopic (exact) mass is 240 g/mol. The van der Waals surface area contributed by atoms with Crippen molar-refractivity contribution in [1.82, 2.24) is 0 Å². The molecule has 86 valence electrons. The van der Waals surface area contributed by atoms with Crippen LogP contribution in [0.5, 0.6) is 0 Å². The van der Waals surface area contributed by atoms with Crippen molar-refractivity contribution in [3.8, 4) is 0 Å². The maximum Gasteiger partial charge on any atom is 0.338 e. The first-order valence-electron chi connectivity index (χ1n) is 5.19. The van der Waals surface area contributed by atoms with Gasteiger partial charge in [-0.15, -0.1) is 0 Å². The van der Waals surface area contributed by atoms with E-state index in [1.807, 2.05) is 26.0 Å². The van der Waals surface area contributed by atoms with Gasteiger partial charge in [0, 0.05) is 5.02 Å². The van der Waals surface area contributed by atoms with Crippen LogP contribution in [0.3, 0.4) is 0 Å². The molecule has 0 saturated carbocycles. The SMILES string of the molecule is CC(C)OC(=O)[C@H]1O[C@H]1c1ccc(Cl)cc1. The first-order chi connectivity index (χ1) is 7.58. The molecule has 0 aliphatic carbocycles. The van der Waals surface area contributed by atoms with Crippen molar-refractivity contribution in [3.63, 3.8) is 0 Å². The van der Waals surface area contributed by atoms with Crippen LogP contribution >= 0.6 is 11.6 Å². The Kier molecular flexibility index (Phi) is 3.17. The molecule has 2 rings (SSSR count). The van der Waals surface area contributed by atoms with Crippen LogP contribution in [-0.2, 0) is 14.3 Å². The number of carbonyl (C=O) groups excluding carboxylic acids is 1. The van der Waals surface area contributed by atoms with Crippen LogP contribution in [0.1, 0.15) is 25.5 Å². The highest BCUT2D eigenvalue weighted by Gasteiger charge is 2.47. The summed E-state index contributed by atoms with van der Waals surface area (Å²) in [6.07, 6.45) is -0.741. The maximum absolute atomic E-state index is 11.5. The van der Waals surface area contributed by atoms with Crippen LogP contribution in [0.2, 0.25) is 5.02 Å². The number of hydrogen-bond donors (Lipinski definition) is 0. The van der Waals surface area contributed by atoms with E-state index in [2.05, 4.69) is 0 Å². The standard InChI is InChI=1S/C12H13ClO3/c1-7(2)15-12(14)11-10(16-11)8-3-5-9(13)6-4-8/h3-7,10-11H,1-2H3/t10-,11-/m0/s1. The average Bonchev–Trinajstić information content (AvgIpc) is 2.97. The molecule has 4 heteroatoms. The molecule has 3 nitrogen and oxygen atoms in total. The summed E-state index contributed by atoms with van der Waals surface area (Å²) in [5.41, 5.74) is 0.954. The van der Waals surface area contributed by atoms with Crippen molar-refractivity contribution in [2.45, 2.75) is 32.2 Å². The molecule has 0 spiro atoms. The zero-order valence-corrected chi connectivity index (χ0v) is 9.90. The van der Waals surface area contributed by atoms with Gasteiger partial charge < -0.3 is 9.47 Å². The van der Waals surface area contributed by atoms with E-state index in [0.29, 0.717) is 5.02 Å². The Morgan fingerprint density at radius 2 is 2.00 bits per heavy atom. The minimum Gasteiger partial charge on any atom is -0.461 e. The number of esters is 1. The lowest BCUT2D eigenvalue weighted by Gasteiger charge is -2.05. The van der Waals surface area contributed by atoms with Gasteiger partial charge in [0.25, 0.3) is 0 Å². The predicted octanol–water partition coefficient (Wildman–Crippen LogP) is 2.73. The Hall–Kier alpha value is -1.06. The number of epoxide rings is 1. The molecular weight excluding hydrogens is 228 g/mol. The molecule has 1 aliphatic rings. The fraction of sp³-hybridized carbons (Fsp3) is 0.417. The number of halogens is 1. The zero-order valence-electron chi connectivity index (χ0n) is 9.14. The average molecular weight is 241 g/mol. The summed E-state index contributed by atoms with van der Waals surface area (Å²) in [5, 5.41) is 0.672. The van der Waals surface area contributed by atoms with Gasteiger partial charge in [-0.25, -0.2) is 4.79 Å². The van der Waals surface area contributed by atoms with Gasteiger partial charge >= 0.3 is 5.97 Å². The van der Waals surface area contributed by atoms with E-state index < -0.39 is 6.10 Å². The Morgan fingerprint density at radius 1 is 1.38 bits per heavy atom. The quantitative estimate of drug-likeness (QED) is 0.602. The van der Waals surface area contributed by atoms with Gasteiger partial charge in [-0.2, -0.15) is 0 Å². The van der Waals surface area contributed by atoms with Gasteiger partial charge in [-0.05, 0) is 31.5 Å². The predicted molar refractivity (Wildman–Crippen MR) is 60.3 cm³/mol. The lowest BCUT2D eigenvalue weighted by molar-refractivity contribution is -0.148. The van der Waals surface area contributed by atoms with Crippen molar-refractivity contribution >= 4 is 17.6 Å². The lowest BCUT2D eigenvalue weighted by atomic mass is 10.1. The summed E-state index contributed by atoms with van der Waals surface area (Å²) in [6.45, 7) is 3.63. The third kappa shape index (κ3) is 2.54. The lowest BCUT2D eigenvalue weighted by Crippen LogP contribution is -2.17. The molecule has 1 heterocycles. The molecule has 1 fully saturated rings. The van der Waals surface area contributed by atoms with Gasteiger partial charge in [-0.1, -0.05) is 23.7 Å². The van der Waals surface area contributed by atoms with E-state index in [0.717, 1.165) is 5.56 Å². The van der Waals surface area contributed by atoms with E-state index in [-0.39, 0.29) is 18.2 Å². The molecule has 0 bridgehead atoms. The van der Waals surface area contributed by atoms with Crippen LogP contribution in [-0.4, -0.2) is 18.2 Å². The van der Waals surface area contributed by atoms with Gasteiger partial charge in [0.05, 0.1) is 6.10 Å². The van der Waals surface area contributed by atoms with Crippen LogP contribution in [0, 0.1) is 0 Å². The van der Waals surface area contributed by atoms with E-state index in [9.17, 15) is 4.79 Å². The number of carbonyl (C=O) groups is 1. The molecular formula is C12H13ClO3. The smallest absolute Gasteiger partial charge is 0.338 e. The Morgan fingerprint density at radius 3 is 2.56 bits per heavy atom. The van der Waals surface area contributed by atoms with Crippen LogP contribution < -0.4 is 0 Å². The number of benzene rings is 1. The fourth-order valence-corrected chi connectivity index (χ4v) is 1.62. The first kappa shape index (κ1) is 11.4. The van der Waals surface area contributed by atoms with Crippen LogP contribution in [0.4, 0.5) is 0 Å². The summed E-state index contributed by atoms with van der Waals surface area (Å²) in [4.78, 5) is 11.5. The van der Waals surface area contributed by atoms with Gasteiger partial charge in [0.2, 0.25) is 0 Å². The zero-order chi connectivity index (χ0) is 11.7. The minimum atomic E-state index is -0.455. The molecule has 16 heavy (non-hydrogen) atoms. The van der Waals surface area contributed by atoms with E-state index in [4.69, 9.17) is 21.1 Å². The minimum absolute atomic E-state index is 0.109. The molecule has 2 atom stereocenters. The highest BCUT2D eigenvalue weighted by molar-refractivity contribution is 6.30. The largest absolute Gasteiger partial charge is 0.461 e. The molecule has 0 aromatic heterocycles. The topological polar surface area (TPSA) is 38.8 Å². The molecule has 0 unspecified atom stereocenters. The van der Waals surface area contributed by atoms with Crippen LogP contribution in [0.25, 0.3) is 0 Å². The second-order valence-electron chi connectivity index (χ2n) is 4.01. The summed E-state index contributed by atoms with van der Waals surface area (Å²) >= 11 is 5.77. The van der Waals surface area contributed by atoms with Crippen molar-refractivity contribution in [3.05, 3.63) is 34.9 Å². The van der Waals surface area contributed by atoms with E-state index in [1.54, 1.807) is 12.1 Å². The third-order valence-electron chi connectivity index (χ3n) is 2.27. The molecule has 0 radical (unpaired) electrons. The van der Waals surface area contributed by atoms with E-state index >= 15 is 0 Å². The Labute approximate surface area is 99.3 Å². The van der Waals surface area contributed by atoms with E-state index in [1.165, 1.54) is 0 Å². The van der Waals surface area contributed by atoms with Gasteiger partial charge in [0.15, 0.2) is 6.10 Å². The van der Waals surface area contributed by atoms with Crippen LogP contribution in [0.15, 0.2) is 24.3 Å². The van der Waals surface area contributed by atoms with Gasteiger partial charge in [0.1, 0.15) is 6.10 Å². The Balaban J connectivity index is 1.96. The van der Waals surface area contributed by atoms with Gasteiger partial charge in [-0.3, -0.25) is 0 Å². The summed E-state index contributed by atoms with van der Waals surface area (Å²) in [5.74, 6) is -0.296. The fourth-order valence-electron chi connectivity index (χ4n) is 1.50. The summed E-state index contributed by atoms with van der Waals surface area (Å²) in [6, 6.07) is 7.28. The van der Waals surface area contributed by atoms with Crippen molar-refractivity contribution in [1.29, 1.82) is 0 Å². The highest BCUT2D eigenvalue weighted by atomic mass is 35.5. The molecule has 0 amide bonds.